The van der Waals surface area contributed by atoms with Crippen LogP contribution in [0.4, 0.5) is 0 Å². The lowest BCUT2D eigenvalue weighted by Gasteiger charge is -2.08. The monoisotopic (exact) mass is 181 g/mol. The minimum Gasteiger partial charge on any atom is -0.372 e. The number of allylic oxidation sites excluding steroid dienone is 1. The molecule has 0 amide bonds. The average Bonchev–Trinajstić information content (AvgIpc) is 2.88. The molecule has 0 N–H and O–H groups in total. The number of aliphatic imine (C=N–C) groups is 1. The first-order chi connectivity index (χ1) is 6.16. The highest BCUT2D eigenvalue weighted by Crippen LogP contribution is 2.23. The molecule has 4 nitrogen and oxygen atoms in total. The first kappa shape index (κ1) is 9.84. The van der Waals surface area contributed by atoms with Gasteiger partial charge in [-0.15, -0.1) is 0 Å². The molecular formula is C9H11NO3. The van der Waals surface area contributed by atoms with Gasteiger partial charge in [0.25, 0.3) is 0 Å². The van der Waals surface area contributed by atoms with E-state index < -0.39 is 0 Å². The van der Waals surface area contributed by atoms with E-state index in [2.05, 4.69) is 11.6 Å². The van der Waals surface area contributed by atoms with E-state index in [9.17, 15) is 9.59 Å². The molecule has 1 heterocycles. The van der Waals surface area contributed by atoms with Crippen LogP contribution in [0.15, 0.2) is 17.1 Å². The summed E-state index contributed by atoms with van der Waals surface area (Å²) in [4.78, 5) is 24.7. The van der Waals surface area contributed by atoms with E-state index in [0.29, 0.717) is 12.2 Å². The van der Waals surface area contributed by atoms with Crippen molar-refractivity contribution < 1.29 is 14.3 Å². The number of carbonyl (C=O) groups is 1. The Balaban J connectivity index is 2.60. The number of Topliss-reactive ketones (excluding diaryl/α,β-unsaturated/α-hetero) is 1. The number of nitrogens with zero attached hydrogens (tertiary/aromatic N) is 1. The van der Waals surface area contributed by atoms with Crippen molar-refractivity contribution in [2.24, 2.45) is 10.9 Å². The molecule has 0 aromatic carbocycles. The molecule has 0 spiro atoms. The molecule has 1 rings (SSSR count). The summed E-state index contributed by atoms with van der Waals surface area (Å²) >= 11 is 0. The summed E-state index contributed by atoms with van der Waals surface area (Å²) in [7, 11) is 0. The van der Waals surface area contributed by atoms with Gasteiger partial charge in [-0.2, -0.15) is 0 Å². The molecule has 70 valence electrons. The Labute approximate surface area is 76.3 Å². The zero-order valence-electron chi connectivity index (χ0n) is 7.45. The summed E-state index contributed by atoms with van der Waals surface area (Å²) in [5, 5.41) is 0. The zero-order chi connectivity index (χ0) is 9.84. The van der Waals surface area contributed by atoms with Gasteiger partial charge in [-0.1, -0.05) is 6.58 Å². The van der Waals surface area contributed by atoms with Crippen molar-refractivity contribution >= 4 is 11.9 Å². The minimum atomic E-state index is -0.348. The van der Waals surface area contributed by atoms with Gasteiger partial charge in [-0.05, 0) is 12.5 Å². The van der Waals surface area contributed by atoms with Crippen LogP contribution in [0.5, 0.6) is 0 Å². The van der Waals surface area contributed by atoms with Crippen LogP contribution in [0.3, 0.4) is 0 Å². The smallest absolute Gasteiger partial charge is 0.234 e. The number of epoxide rings is 1. The summed E-state index contributed by atoms with van der Waals surface area (Å²) < 4.78 is 4.99. The Morgan fingerprint density at radius 1 is 1.85 bits per heavy atom. The van der Waals surface area contributed by atoms with E-state index in [-0.39, 0.29) is 24.3 Å². The summed E-state index contributed by atoms with van der Waals surface area (Å²) in [5.41, 5.74) is 0.474. The van der Waals surface area contributed by atoms with E-state index >= 15 is 0 Å². The van der Waals surface area contributed by atoms with Gasteiger partial charge in [0.1, 0.15) is 0 Å². The molecule has 2 atom stereocenters. The molecule has 0 bridgehead atoms. The maximum absolute atomic E-state index is 11.5. The van der Waals surface area contributed by atoms with Gasteiger partial charge >= 0.3 is 0 Å². The van der Waals surface area contributed by atoms with Crippen LogP contribution < -0.4 is 0 Å². The Hall–Kier alpha value is -1.25. The van der Waals surface area contributed by atoms with Crippen molar-refractivity contribution in [2.75, 3.05) is 13.2 Å². The predicted molar refractivity (Wildman–Crippen MR) is 46.0 cm³/mol. The molecule has 1 aliphatic heterocycles. The lowest BCUT2D eigenvalue weighted by atomic mass is 9.96. The maximum atomic E-state index is 11.5. The van der Waals surface area contributed by atoms with Crippen LogP contribution in [-0.2, 0) is 14.3 Å². The van der Waals surface area contributed by atoms with Gasteiger partial charge in [0.05, 0.1) is 25.2 Å². The number of hydrogen-bond donors (Lipinski definition) is 0. The Morgan fingerprint density at radius 2 is 2.46 bits per heavy atom. The van der Waals surface area contributed by atoms with Crippen LogP contribution in [0.2, 0.25) is 0 Å². The molecule has 1 saturated heterocycles. The second-order valence-electron chi connectivity index (χ2n) is 3.05. The normalized spacial score (nSPS) is 21.5. The second-order valence-corrected chi connectivity index (χ2v) is 3.05. The predicted octanol–water partition coefficient (Wildman–Crippen LogP) is 0.482. The van der Waals surface area contributed by atoms with Crippen molar-refractivity contribution in [1.82, 2.24) is 0 Å². The molecule has 0 aromatic heterocycles. The average molecular weight is 181 g/mol. The van der Waals surface area contributed by atoms with E-state index in [1.54, 1.807) is 6.92 Å². The Kier molecular flexibility index (Phi) is 3.12. The molecule has 1 fully saturated rings. The highest BCUT2D eigenvalue weighted by Gasteiger charge is 2.37. The lowest BCUT2D eigenvalue weighted by molar-refractivity contribution is -0.119. The zero-order valence-corrected chi connectivity index (χ0v) is 7.45. The second kappa shape index (κ2) is 4.12. The first-order valence-electron chi connectivity index (χ1n) is 4.01. The molecule has 0 radical (unpaired) electrons. The molecule has 4 heteroatoms. The van der Waals surface area contributed by atoms with Gasteiger partial charge in [0, 0.05) is 0 Å². The molecule has 0 saturated carbocycles. The van der Waals surface area contributed by atoms with Crippen LogP contribution in [0, 0.1) is 5.92 Å². The van der Waals surface area contributed by atoms with Gasteiger partial charge in [-0.25, -0.2) is 9.79 Å². The van der Waals surface area contributed by atoms with E-state index in [4.69, 9.17) is 4.74 Å². The maximum Gasteiger partial charge on any atom is 0.234 e. The van der Waals surface area contributed by atoms with Crippen LogP contribution in [-0.4, -0.2) is 31.1 Å². The standard InChI is InChI=1S/C9H11NO3/c1-6(2)9(12)7(3-10-5-11)8-4-13-8/h7-8H,1,3-4H2,2H3. The van der Waals surface area contributed by atoms with Gasteiger partial charge in [-0.3, -0.25) is 4.79 Å². The van der Waals surface area contributed by atoms with E-state index in [1.807, 2.05) is 0 Å². The fourth-order valence-electron chi connectivity index (χ4n) is 1.11. The van der Waals surface area contributed by atoms with E-state index in [1.165, 1.54) is 6.08 Å². The number of carbonyl (C=O) groups excluding carboxylic acids is 2. The summed E-state index contributed by atoms with van der Waals surface area (Å²) in [6.45, 7) is 5.91. The SMILES string of the molecule is C=C(C)C(=O)C(CN=C=O)C1CO1. The highest BCUT2D eigenvalue weighted by atomic mass is 16.6. The van der Waals surface area contributed by atoms with Crippen molar-refractivity contribution in [1.29, 1.82) is 0 Å². The lowest BCUT2D eigenvalue weighted by Crippen LogP contribution is -2.23. The van der Waals surface area contributed by atoms with Gasteiger partial charge in [0.2, 0.25) is 6.08 Å². The Bertz CT molecular complexity index is 275. The third-order valence-corrected chi connectivity index (χ3v) is 1.92. The minimum absolute atomic E-state index is 0.0819. The number of ketones is 1. The summed E-state index contributed by atoms with van der Waals surface area (Å²) in [6.07, 6.45) is 1.33. The molecule has 0 aliphatic carbocycles. The number of isocyanates is 1. The number of hydrogen-bond acceptors (Lipinski definition) is 4. The van der Waals surface area contributed by atoms with Crippen molar-refractivity contribution in [2.45, 2.75) is 13.0 Å². The molecule has 2 unspecified atom stereocenters. The van der Waals surface area contributed by atoms with Crippen LogP contribution >= 0.6 is 0 Å². The fourth-order valence-corrected chi connectivity index (χ4v) is 1.11. The first-order valence-corrected chi connectivity index (χ1v) is 4.01. The van der Waals surface area contributed by atoms with Crippen molar-refractivity contribution in [3.8, 4) is 0 Å². The number of ether oxygens (including phenoxy) is 1. The molecule has 0 aromatic rings. The van der Waals surface area contributed by atoms with Crippen LogP contribution in [0.1, 0.15) is 6.92 Å². The topological polar surface area (TPSA) is 59.0 Å². The molecular weight excluding hydrogens is 170 g/mol. The fraction of sp³-hybridized carbons (Fsp3) is 0.556. The summed E-state index contributed by atoms with van der Waals surface area (Å²) in [5.74, 6) is -0.430. The third-order valence-electron chi connectivity index (χ3n) is 1.92. The van der Waals surface area contributed by atoms with Gasteiger partial charge < -0.3 is 4.74 Å². The quantitative estimate of drug-likeness (QED) is 0.268. The van der Waals surface area contributed by atoms with E-state index in [0.717, 1.165) is 0 Å². The Morgan fingerprint density at radius 3 is 2.85 bits per heavy atom. The van der Waals surface area contributed by atoms with Crippen molar-refractivity contribution in [3.05, 3.63) is 12.2 Å². The van der Waals surface area contributed by atoms with Crippen molar-refractivity contribution in [3.63, 3.8) is 0 Å². The molecule has 1 aliphatic rings. The summed E-state index contributed by atoms with van der Waals surface area (Å²) in [6, 6.07) is 0. The van der Waals surface area contributed by atoms with Crippen LogP contribution in [0.25, 0.3) is 0 Å². The third kappa shape index (κ3) is 2.61. The van der Waals surface area contributed by atoms with Gasteiger partial charge in [0.15, 0.2) is 5.78 Å². The largest absolute Gasteiger partial charge is 0.372 e. The number of rotatable bonds is 5. The molecule has 13 heavy (non-hydrogen) atoms. The highest BCUT2D eigenvalue weighted by molar-refractivity contribution is 5.96.